The van der Waals surface area contributed by atoms with Crippen molar-refractivity contribution in [1.82, 2.24) is 20.1 Å². The summed E-state index contributed by atoms with van der Waals surface area (Å²) in [6.45, 7) is 3.05. The van der Waals surface area contributed by atoms with Crippen molar-refractivity contribution in [2.75, 3.05) is 25.5 Å². The second kappa shape index (κ2) is 8.84. The number of hydrogen-bond donors (Lipinski definition) is 2. The number of nitrogens with one attached hydrogen (secondary N) is 2. The van der Waals surface area contributed by atoms with E-state index in [4.69, 9.17) is 4.74 Å². The van der Waals surface area contributed by atoms with E-state index in [1.54, 1.807) is 7.11 Å². The number of nitrogens with zero attached hydrogens (tertiary/aromatic N) is 3. The van der Waals surface area contributed by atoms with Crippen LogP contribution < -0.4 is 15.4 Å². The van der Waals surface area contributed by atoms with Crippen LogP contribution in [0.15, 0.2) is 54.9 Å². The minimum atomic E-state index is -0.0181. The van der Waals surface area contributed by atoms with Gasteiger partial charge in [0.2, 0.25) is 5.91 Å². The zero-order valence-electron chi connectivity index (χ0n) is 15.5. The first-order chi connectivity index (χ1) is 13.2. The van der Waals surface area contributed by atoms with Crippen LogP contribution in [0.25, 0.3) is 5.82 Å². The summed E-state index contributed by atoms with van der Waals surface area (Å²) in [6, 6.07) is 13.4. The van der Waals surface area contributed by atoms with Crippen LogP contribution in [-0.2, 0) is 11.2 Å². The van der Waals surface area contributed by atoms with Crippen molar-refractivity contribution >= 4 is 11.7 Å². The molecule has 7 heteroatoms. The lowest BCUT2D eigenvalue weighted by Crippen LogP contribution is -2.30. The summed E-state index contributed by atoms with van der Waals surface area (Å²) < 4.78 is 7.12. The molecule has 0 unspecified atom stereocenters. The van der Waals surface area contributed by atoms with Crippen LogP contribution in [0.4, 0.5) is 5.82 Å². The Morgan fingerprint density at radius 3 is 2.59 bits per heavy atom. The maximum atomic E-state index is 12.1. The highest BCUT2D eigenvalue weighted by atomic mass is 16.5. The molecule has 0 aliphatic heterocycles. The van der Waals surface area contributed by atoms with Gasteiger partial charge in [-0.15, -0.1) is 10.2 Å². The van der Waals surface area contributed by atoms with Crippen molar-refractivity contribution in [3.8, 4) is 11.6 Å². The van der Waals surface area contributed by atoms with Crippen molar-refractivity contribution in [2.45, 2.75) is 13.3 Å². The summed E-state index contributed by atoms with van der Waals surface area (Å²) in [4.78, 5) is 12.1. The van der Waals surface area contributed by atoms with Gasteiger partial charge in [-0.1, -0.05) is 12.1 Å². The van der Waals surface area contributed by atoms with Gasteiger partial charge >= 0.3 is 0 Å². The van der Waals surface area contributed by atoms with Gasteiger partial charge < -0.3 is 19.9 Å². The van der Waals surface area contributed by atoms with Crippen molar-refractivity contribution in [1.29, 1.82) is 0 Å². The zero-order chi connectivity index (χ0) is 19.1. The standard InChI is InChI=1S/C20H23N5O2/c1-15-13-16(5-6-17(15)27-2)14-20(26)22-10-9-21-18-7-8-19(24-23-18)25-11-3-4-12-25/h3-8,11-13H,9-10,14H2,1-2H3,(H,21,23)(H,22,26). The zero-order valence-corrected chi connectivity index (χ0v) is 15.5. The Hall–Kier alpha value is -3.35. The Balaban J connectivity index is 1.40. The molecule has 1 aromatic carbocycles. The molecule has 3 aromatic rings. The molecule has 0 aliphatic rings. The Labute approximate surface area is 158 Å². The largest absolute Gasteiger partial charge is 0.496 e. The minimum absolute atomic E-state index is 0.0181. The normalized spacial score (nSPS) is 10.4. The van der Waals surface area contributed by atoms with Crippen molar-refractivity contribution in [3.63, 3.8) is 0 Å². The Morgan fingerprint density at radius 1 is 1.11 bits per heavy atom. The number of methoxy groups -OCH3 is 1. The van der Waals surface area contributed by atoms with Crippen LogP contribution in [0.2, 0.25) is 0 Å². The number of amides is 1. The van der Waals surface area contributed by atoms with E-state index in [-0.39, 0.29) is 5.91 Å². The fourth-order valence-corrected chi connectivity index (χ4v) is 2.74. The van der Waals surface area contributed by atoms with E-state index in [0.717, 1.165) is 22.7 Å². The van der Waals surface area contributed by atoms with E-state index in [9.17, 15) is 4.79 Å². The first-order valence-corrected chi connectivity index (χ1v) is 8.77. The molecular weight excluding hydrogens is 342 g/mol. The second-order valence-corrected chi connectivity index (χ2v) is 6.12. The van der Waals surface area contributed by atoms with E-state index in [1.807, 2.05) is 66.3 Å². The second-order valence-electron chi connectivity index (χ2n) is 6.12. The molecule has 140 valence electrons. The monoisotopic (exact) mass is 365 g/mol. The van der Waals surface area contributed by atoms with Gasteiger partial charge in [-0.3, -0.25) is 4.79 Å². The molecule has 27 heavy (non-hydrogen) atoms. The summed E-state index contributed by atoms with van der Waals surface area (Å²) in [5.41, 5.74) is 1.98. The molecule has 2 heterocycles. The van der Waals surface area contributed by atoms with E-state index in [1.165, 1.54) is 0 Å². The van der Waals surface area contributed by atoms with Crippen LogP contribution in [0.1, 0.15) is 11.1 Å². The van der Waals surface area contributed by atoms with Crippen molar-refractivity contribution < 1.29 is 9.53 Å². The fraction of sp³-hybridized carbons (Fsp3) is 0.250. The molecule has 3 rings (SSSR count). The Kier molecular flexibility index (Phi) is 6.04. The number of rotatable bonds is 8. The highest BCUT2D eigenvalue weighted by molar-refractivity contribution is 5.78. The average molecular weight is 365 g/mol. The van der Waals surface area contributed by atoms with E-state index in [0.29, 0.717) is 25.3 Å². The molecule has 0 saturated carbocycles. The quantitative estimate of drug-likeness (QED) is 0.599. The van der Waals surface area contributed by atoms with Crippen LogP contribution >= 0.6 is 0 Å². The van der Waals surface area contributed by atoms with Gasteiger partial charge in [0, 0.05) is 25.5 Å². The molecule has 0 radical (unpaired) electrons. The van der Waals surface area contributed by atoms with Crippen molar-refractivity contribution in [3.05, 3.63) is 66.0 Å². The molecular formula is C20H23N5O2. The lowest BCUT2D eigenvalue weighted by atomic mass is 10.1. The third-order valence-corrected chi connectivity index (χ3v) is 4.10. The minimum Gasteiger partial charge on any atom is -0.496 e. The van der Waals surface area contributed by atoms with E-state index in [2.05, 4.69) is 20.8 Å². The molecule has 0 atom stereocenters. The number of aryl methyl sites for hydroxylation is 1. The maximum absolute atomic E-state index is 12.1. The predicted molar refractivity (Wildman–Crippen MR) is 104 cm³/mol. The first-order valence-electron chi connectivity index (χ1n) is 8.77. The number of carbonyl (C=O) groups is 1. The number of benzene rings is 1. The molecule has 1 amide bonds. The molecule has 0 aliphatic carbocycles. The fourth-order valence-electron chi connectivity index (χ4n) is 2.74. The highest BCUT2D eigenvalue weighted by Crippen LogP contribution is 2.18. The van der Waals surface area contributed by atoms with Crippen molar-refractivity contribution in [2.24, 2.45) is 0 Å². The van der Waals surface area contributed by atoms with Gasteiger partial charge in [-0.05, 0) is 48.4 Å². The van der Waals surface area contributed by atoms with Gasteiger partial charge in [-0.2, -0.15) is 0 Å². The SMILES string of the molecule is COc1ccc(CC(=O)NCCNc2ccc(-n3cccc3)nn2)cc1C. The van der Waals surface area contributed by atoms with E-state index < -0.39 is 0 Å². The third kappa shape index (κ3) is 5.07. The van der Waals surface area contributed by atoms with Crippen LogP contribution in [0.3, 0.4) is 0 Å². The predicted octanol–water partition coefficient (Wildman–Crippen LogP) is 2.36. The summed E-state index contributed by atoms with van der Waals surface area (Å²) >= 11 is 0. The molecule has 0 bridgehead atoms. The summed E-state index contributed by atoms with van der Waals surface area (Å²) in [5.74, 6) is 2.24. The smallest absolute Gasteiger partial charge is 0.224 e. The van der Waals surface area contributed by atoms with Crippen LogP contribution in [-0.4, -0.2) is 40.9 Å². The molecule has 0 spiro atoms. The van der Waals surface area contributed by atoms with Gasteiger partial charge in [-0.25, -0.2) is 0 Å². The lowest BCUT2D eigenvalue weighted by Gasteiger charge is -2.09. The van der Waals surface area contributed by atoms with Gasteiger partial charge in [0.15, 0.2) is 5.82 Å². The molecule has 2 aromatic heterocycles. The van der Waals surface area contributed by atoms with Gasteiger partial charge in [0.25, 0.3) is 0 Å². The first kappa shape index (κ1) is 18.4. The molecule has 0 fully saturated rings. The van der Waals surface area contributed by atoms with Gasteiger partial charge in [0.1, 0.15) is 11.6 Å². The summed E-state index contributed by atoms with van der Waals surface area (Å²) in [5, 5.41) is 14.3. The Bertz CT molecular complexity index is 876. The number of hydrogen-bond acceptors (Lipinski definition) is 5. The molecule has 0 saturated heterocycles. The number of anilines is 1. The number of carbonyl (C=O) groups excluding carboxylic acids is 1. The number of ether oxygens (including phenoxy) is 1. The summed E-state index contributed by atoms with van der Waals surface area (Å²) in [7, 11) is 1.64. The molecule has 7 nitrogen and oxygen atoms in total. The maximum Gasteiger partial charge on any atom is 0.224 e. The number of aromatic nitrogens is 3. The summed E-state index contributed by atoms with van der Waals surface area (Å²) in [6.07, 6.45) is 4.17. The van der Waals surface area contributed by atoms with Gasteiger partial charge in [0.05, 0.1) is 13.5 Å². The van der Waals surface area contributed by atoms with Crippen LogP contribution in [0, 0.1) is 6.92 Å². The topological polar surface area (TPSA) is 81.1 Å². The Morgan fingerprint density at radius 2 is 1.93 bits per heavy atom. The van der Waals surface area contributed by atoms with E-state index >= 15 is 0 Å². The lowest BCUT2D eigenvalue weighted by molar-refractivity contribution is -0.120. The molecule has 2 N–H and O–H groups in total. The third-order valence-electron chi connectivity index (χ3n) is 4.10. The average Bonchev–Trinajstić information content (AvgIpc) is 3.21. The highest BCUT2D eigenvalue weighted by Gasteiger charge is 2.06. The van der Waals surface area contributed by atoms with Crippen LogP contribution in [0.5, 0.6) is 5.75 Å².